The van der Waals surface area contributed by atoms with Crippen molar-refractivity contribution in [2.75, 3.05) is 5.32 Å². The lowest BCUT2D eigenvalue weighted by atomic mass is 10.2. The number of nitro benzene ring substituents is 1. The smallest absolute Gasteiger partial charge is 0.314 e. The number of hydrogen-bond acceptors (Lipinski definition) is 5. The van der Waals surface area contributed by atoms with Crippen LogP contribution in [0.2, 0.25) is 5.02 Å². The molecule has 0 atom stereocenters. The Balaban J connectivity index is 3.33. The fraction of sp³-hybridized carbons (Fsp3) is 0. The predicted molar refractivity (Wildman–Crippen MR) is 49.0 cm³/mol. The quantitative estimate of drug-likeness (QED) is 0.257. The number of benzene rings is 1. The van der Waals surface area contributed by atoms with Gasteiger partial charge in [-0.1, -0.05) is 11.6 Å². The number of nitriles is 1. The van der Waals surface area contributed by atoms with Gasteiger partial charge in [-0.15, -0.1) is 0 Å². The average Bonchev–Trinajstić information content (AvgIpc) is 2.10. The van der Waals surface area contributed by atoms with Crippen molar-refractivity contribution >= 4 is 23.0 Å². The number of nitro groups is 1. The summed E-state index contributed by atoms with van der Waals surface area (Å²) in [6, 6.07) is 2.21. The summed E-state index contributed by atoms with van der Waals surface area (Å²) in [5.41, 5.74) is -0.637. The van der Waals surface area contributed by atoms with E-state index in [0.717, 1.165) is 6.07 Å². The van der Waals surface area contributed by atoms with Gasteiger partial charge in [0.2, 0.25) is 5.75 Å². The molecule has 0 fully saturated rings. The van der Waals surface area contributed by atoms with Crippen LogP contribution in [0.1, 0.15) is 0 Å². The van der Waals surface area contributed by atoms with Crippen molar-refractivity contribution in [2.24, 2.45) is 0 Å². The highest BCUT2D eigenvalue weighted by molar-refractivity contribution is 6.31. The van der Waals surface area contributed by atoms with Crippen LogP contribution in [-0.4, -0.2) is 10.0 Å². The molecule has 14 heavy (non-hydrogen) atoms. The lowest BCUT2D eigenvalue weighted by molar-refractivity contribution is -0.385. The van der Waals surface area contributed by atoms with Gasteiger partial charge < -0.3 is 5.11 Å². The van der Waals surface area contributed by atoms with Crippen LogP contribution in [0, 0.1) is 21.6 Å². The molecule has 0 unspecified atom stereocenters. The fourth-order valence-electron chi connectivity index (χ4n) is 0.880. The monoisotopic (exact) mass is 213 g/mol. The third-order valence-corrected chi connectivity index (χ3v) is 1.66. The van der Waals surface area contributed by atoms with Crippen LogP contribution >= 0.6 is 11.6 Å². The Kier molecular flexibility index (Phi) is 2.74. The average molecular weight is 214 g/mol. The molecule has 0 aliphatic carbocycles. The summed E-state index contributed by atoms with van der Waals surface area (Å²) in [6.07, 6.45) is 1.53. The highest BCUT2D eigenvalue weighted by Gasteiger charge is 2.18. The minimum atomic E-state index is -0.788. The van der Waals surface area contributed by atoms with Gasteiger partial charge in [0.05, 0.1) is 10.6 Å². The molecule has 0 heterocycles. The molecule has 7 heteroatoms. The SMILES string of the molecule is N#CNc1cc(Cl)cc([N+](=O)[O-])c1O. The van der Waals surface area contributed by atoms with Crippen LogP contribution in [-0.2, 0) is 0 Å². The first-order valence-corrected chi connectivity index (χ1v) is 3.76. The second kappa shape index (κ2) is 3.81. The van der Waals surface area contributed by atoms with Gasteiger partial charge in [-0.2, -0.15) is 5.26 Å². The van der Waals surface area contributed by atoms with Gasteiger partial charge in [0.25, 0.3) is 0 Å². The lowest BCUT2D eigenvalue weighted by Gasteiger charge is -2.02. The van der Waals surface area contributed by atoms with Crippen molar-refractivity contribution in [3.05, 3.63) is 27.3 Å². The number of nitrogens with one attached hydrogen (secondary N) is 1. The maximum absolute atomic E-state index is 10.4. The fourth-order valence-corrected chi connectivity index (χ4v) is 1.09. The summed E-state index contributed by atoms with van der Waals surface area (Å²) >= 11 is 5.54. The minimum Gasteiger partial charge on any atom is -0.501 e. The zero-order valence-corrected chi connectivity index (χ0v) is 7.45. The van der Waals surface area contributed by atoms with Crippen molar-refractivity contribution in [1.29, 1.82) is 5.26 Å². The van der Waals surface area contributed by atoms with E-state index in [2.05, 4.69) is 5.32 Å². The Hall–Kier alpha value is -2.00. The van der Waals surface area contributed by atoms with E-state index in [4.69, 9.17) is 16.9 Å². The molecule has 0 saturated carbocycles. The molecular formula is C7H4ClN3O3. The Morgan fingerprint density at radius 2 is 2.29 bits per heavy atom. The lowest BCUT2D eigenvalue weighted by Crippen LogP contribution is -1.93. The summed E-state index contributed by atoms with van der Waals surface area (Å²) in [5, 5.41) is 30.1. The van der Waals surface area contributed by atoms with E-state index in [1.165, 1.54) is 12.3 Å². The van der Waals surface area contributed by atoms with Crippen molar-refractivity contribution in [2.45, 2.75) is 0 Å². The zero-order chi connectivity index (χ0) is 10.7. The topological polar surface area (TPSA) is 99.2 Å². The van der Waals surface area contributed by atoms with Gasteiger partial charge in [-0.25, -0.2) is 0 Å². The van der Waals surface area contributed by atoms with Gasteiger partial charge in [-0.05, 0) is 6.07 Å². The van der Waals surface area contributed by atoms with Gasteiger partial charge in [0.1, 0.15) is 0 Å². The highest BCUT2D eigenvalue weighted by Crippen LogP contribution is 2.36. The van der Waals surface area contributed by atoms with E-state index < -0.39 is 16.4 Å². The van der Waals surface area contributed by atoms with Crippen molar-refractivity contribution in [1.82, 2.24) is 0 Å². The summed E-state index contributed by atoms with van der Waals surface area (Å²) in [6.45, 7) is 0. The Morgan fingerprint density at radius 1 is 1.64 bits per heavy atom. The molecule has 0 spiro atoms. The third kappa shape index (κ3) is 1.84. The molecular weight excluding hydrogens is 210 g/mol. The number of nitrogens with zero attached hydrogens (tertiary/aromatic N) is 2. The zero-order valence-electron chi connectivity index (χ0n) is 6.69. The number of aromatic hydroxyl groups is 1. The molecule has 0 aliphatic rings. The van der Waals surface area contributed by atoms with Crippen LogP contribution in [0.25, 0.3) is 0 Å². The summed E-state index contributed by atoms with van der Waals surface area (Å²) in [7, 11) is 0. The maximum Gasteiger partial charge on any atom is 0.314 e. The molecule has 0 aliphatic heterocycles. The van der Waals surface area contributed by atoms with Gasteiger partial charge in [-0.3, -0.25) is 15.4 Å². The molecule has 0 aromatic heterocycles. The molecule has 0 saturated heterocycles. The van der Waals surface area contributed by atoms with Crippen LogP contribution in [0.5, 0.6) is 5.75 Å². The van der Waals surface area contributed by atoms with Crippen LogP contribution in [0.15, 0.2) is 12.1 Å². The Bertz CT molecular complexity index is 427. The number of rotatable bonds is 2. The summed E-state index contributed by atoms with van der Waals surface area (Å²) in [5.74, 6) is -0.610. The van der Waals surface area contributed by atoms with E-state index in [-0.39, 0.29) is 10.7 Å². The second-order valence-corrected chi connectivity index (χ2v) is 2.75. The van der Waals surface area contributed by atoms with E-state index in [1.807, 2.05) is 0 Å². The van der Waals surface area contributed by atoms with Crippen LogP contribution in [0.3, 0.4) is 0 Å². The molecule has 1 aromatic carbocycles. The number of anilines is 1. The van der Waals surface area contributed by atoms with E-state index in [0.29, 0.717) is 0 Å². The van der Waals surface area contributed by atoms with E-state index >= 15 is 0 Å². The first-order chi connectivity index (χ1) is 6.56. The number of halogens is 1. The highest BCUT2D eigenvalue weighted by atomic mass is 35.5. The van der Waals surface area contributed by atoms with Crippen LogP contribution < -0.4 is 5.32 Å². The van der Waals surface area contributed by atoms with Crippen LogP contribution in [0.4, 0.5) is 11.4 Å². The van der Waals surface area contributed by atoms with Crippen molar-refractivity contribution in [3.8, 4) is 11.9 Å². The minimum absolute atomic E-state index is 0.0623. The van der Waals surface area contributed by atoms with Crippen molar-refractivity contribution in [3.63, 3.8) is 0 Å². The Labute approximate surface area is 83.5 Å². The maximum atomic E-state index is 10.4. The molecule has 0 radical (unpaired) electrons. The summed E-state index contributed by atoms with van der Waals surface area (Å²) in [4.78, 5) is 9.62. The normalized spacial score (nSPS) is 9.14. The number of phenolic OH excluding ortho intramolecular Hbond substituents is 1. The molecule has 72 valence electrons. The molecule has 6 nitrogen and oxygen atoms in total. The molecule has 1 rings (SSSR count). The van der Waals surface area contributed by atoms with Gasteiger partial charge in [0.15, 0.2) is 6.19 Å². The first kappa shape index (κ1) is 10.1. The first-order valence-electron chi connectivity index (χ1n) is 3.38. The largest absolute Gasteiger partial charge is 0.501 e. The molecule has 2 N–H and O–H groups in total. The third-order valence-electron chi connectivity index (χ3n) is 1.44. The van der Waals surface area contributed by atoms with Crippen molar-refractivity contribution < 1.29 is 10.0 Å². The Morgan fingerprint density at radius 3 is 2.79 bits per heavy atom. The number of phenols is 1. The predicted octanol–water partition coefficient (Wildman–Crippen LogP) is 1.85. The van der Waals surface area contributed by atoms with E-state index in [9.17, 15) is 15.2 Å². The van der Waals surface area contributed by atoms with Gasteiger partial charge >= 0.3 is 5.69 Å². The van der Waals surface area contributed by atoms with Gasteiger partial charge in [0, 0.05) is 11.1 Å². The summed E-state index contributed by atoms with van der Waals surface area (Å²) < 4.78 is 0. The standard InChI is InChI=1S/C7H4ClN3O3/c8-4-1-5(10-3-9)7(12)6(2-4)11(13)14/h1-2,10,12H. The second-order valence-electron chi connectivity index (χ2n) is 2.31. The van der Waals surface area contributed by atoms with E-state index in [1.54, 1.807) is 0 Å². The molecule has 0 bridgehead atoms. The molecule has 1 aromatic rings. The number of hydrogen-bond donors (Lipinski definition) is 2. The molecule has 0 amide bonds.